The van der Waals surface area contributed by atoms with E-state index in [1.807, 2.05) is 13.0 Å². The van der Waals surface area contributed by atoms with E-state index in [2.05, 4.69) is 51.6 Å². The van der Waals surface area contributed by atoms with Crippen LogP contribution in [0.2, 0.25) is 0 Å². The van der Waals surface area contributed by atoms with Crippen molar-refractivity contribution in [2.75, 3.05) is 0 Å². The molecular formula is C25H38O2. The number of allylic oxidation sites excluding steroid dienone is 2. The van der Waals surface area contributed by atoms with Gasteiger partial charge in [0, 0.05) is 6.42 Å². The van der Waals surface area contributed by atoms with Gasteiger partial charge in [0.15, 0.2) is 0 Å². The van der Waals surface area contributed by atoms with Crippen molar-refractivity contribution in [3.05, 3.63) is 59.9 Å². The molecule has 0 saturated carbocycles. The predicted molar refractivity (Wildman–Crippen MR) is 116 cm³/mol. The number of hydrogen-bond acceptors (Lipinski definition) is 2. The van der Waals surface area contributed by atoms with Crippen LogP contribution in [0.15, 0.2) is 48.8 Å². The normalized spacial score (nSPS) is 12.1. The topological polar surface area (TPSA) is 26.3 Å². The van der Waals surface area contributed by atoms with E-state index in [1.165, 1.54) is 36.8 Å². The van der Waals surface area contributed by atoms with Crippen molar-refractivity contribution >= 4 is 5.97 Å². The van der Waals surface area contributed by atoms with Crippen LogP contribution in [0, 0.1) is 0 Å². The molecule has 1 aromatic carbocycles. The monoisotopic (exact) mass is 370 g/mol. The molecule has 2 nitrogen and oxygen atoms in total. The number of benzene rings is 1. The Morgan fingerprint density at radius 1 is 1.00 bits per heavy atom. The highest BCUT2D eigenvalue weighted by molar-refractivity contribution is 5.69. The number of rotatable bonds is 12. The number of carbonyl (C=O) groups is 1. The van der Waals surface area contributed by atoms with Crippen LogP contribution in [0.4, 0.5) is 0 Å². The summed E-state index contributed by atoms with van der Waals surface area (Å²) in [4.78, 5) is 11.9. The number of unbranched alkanes of at least 4 members (excludes halogenated alkanes) is 6. The molecule has 0 N–H and O–H groups in total. The molecule has 0 aliphatic carbocycles. The first-order valence-electron chi connectivity index (χ1n) is 10.4. The zero-order valence-corrected chi connectivity index (χ0v) is 17.9. The third kappa shape index (κ3) is 10.8. The lowest BCUT2D eigenvalue weighted by atomic mass is 9.86. The molecule has 1 aromatic rings. The maximum atomic E-state index is 11.9. The first-order chi connectivity index (χ1) is 12.8. The molecule has 0 saturated heterocycles. The summed E-state index contributed by atoms with van der Waals surface area (Å²) >= 11 is 0. The molecule has 0 aliphatic heterocycles. The second-order valence-electron chi connectivity index (χ2n) is 8.53. The van der Waals surface area contributed by atoms with Crippen LogP contribution in [0.25, 0.3) is 0 Å². The van der Waals surface area contributed by atoms with Crippen molar-refractivity contribution in [1.82, 2.24) is 0 Å². The third-order valence-corrected chi connectivity index (χ3v) is 4.73. The molecule has 0 heterocycles. The lowest BCUT2D eigenvalue weighted by Gasteiger charge is -2.19. The van der Waals surface area contributed by atoms with E-state index < -0.39 is 0 Å². The van der Waals surface area contributed by atoms with Gasteiger partial charge in [0.2, 0.25) is 0 Å². The molecule has 150 valence electrons. The highest BCUT2D eigenvalue weighted by atomic mass is 16.5. The van der Waals surface area contributed by atoms with Crippen molar-refractivity contribution in [3.8, 4) is 0 Å². The summed E-state index contributed by atoms with van der Waals surface area (Å²) in [5, 5.41) is 0. The summed E-state index contributed by atoms with van der Waals surface area (Å²) < 4.78 is 5.30. The van der Waals surface area contributed by atoms with Gasteiger partial charge in [0.05, 0.1) is 6.26 Å². The van der Waals surface area contributed by atoms with Crippen LogP contribution < -0.4 is 0 Å². The highest BCUT2D eigenvalue weighted by Gasteiger charge is 2.12. The van der Waals surface area contributed by atoms with Crippen LogP contribution in [-0.4, -0.2) is 5.97 Å². The Bertz CT molecular complexity index is 588. The second-order valence-corrected chi connectivity index (χ2v) is 8.53. The fourth-order valence-corrected chi connectivity index (χ4v) is 2.98. The minimum atomic E-state index is -0.121. The average molecular weight is 371 g/mol. The lowest BCUT2D eigenvalue weighted by molar-refractivity contribution is -0.138. The van der Waals surface area contributed by atoms with Crippen LogP contribution in [0.1, 0.15) is 90.2 Å². The van der Waals surface area contributed by atoms with E-state index in [0.717, 1.165) is 31.3 Å². The van der Waals surface area contributed by atoms with E-state index >= 15 is 0 Å². The molecule has 0 aromatic heterocycles. The van der Waals surface area contributed by atoms with E-state index in [-0.39, 0.29) is 11.4 Å². The van der Waals surface area contributed by atoms with Crippen molar-refractivity contribution in [3.63, 3.8) is 0 Å². The molecular weight excluding hydrogens is 332 g/mol. The van der Waals surface area contributed by atoms with Gasteiger partial charge in [0.1, 0.15) is 0 Å². The standard InChI is InChI=1S/C25H38O2/c1-6-7-8-9-10-11-12-13-14-24(26)27-20-21(2)19-22-15-17-23(18-16-22)25(3,4)5/h6,15-18,20H,1,7-14,19H2,2-5H3. The summed E-state index contributed by atoms with van der Waals surface area (Å²) in [6.45, 7) is 12.4. The van der Waals surface area contributed by atoms with Crippen LogP contribution in [0.5, 0.6) is 0 Å². The number of ether oxygens (including phenoxy) is 1. The average Bonchev–Trinajstić information content (AvgIpc) is 2.62. The van der Waals surface area contributed by atoms with Gasteiger partial charge in [-0.3, -0.25) is 4.79 Å². The van der Waals surface area contributed by atoms with Gasteiger partial charge >= 0.3 is 5.97 Å². The van der Waals surface area contributed by atoms with Crippen molar-refractivity contribution in [2.45, 2.75) is 90.9 Å². The summed E-state index contributed by atoms with van der Waals surface area (Å²) in [7, 11) is 0. The maximum absolute atomic E-state index is 11.9. The van der Waals surface area contributed by atoms with Crippen molar-refractivity contribution in [1.29, 1.82) is 0 Å². The van der Waals surface area contributed by atoms with Gasteiger partial charge in [-0.15, -0.1) is 6.58 Å². The zero-order chi connectivity index (χ0) is 20.1. The van der Waals surface area contributed by atoms with E-state index in [9.17, 15) is 4.79 Å². The highest BCUT2D eigenvalue weighted by Crippen LogP contribution is 2.22. The molecule has 0 bridgehead atoms. The Labute approximate surface area is 166 Å². The fourth-order valence-electron chi connectivity index (χ4n) is 2.98. The first kappa shape index (κ1) is 23.2. The molecule has 27 heavy (non-hydrogen) atoms. The van der Waals surface area contributed by atoms with Crippen molar-refractivity contribution < 1.29 is 9.53 Å². The summed E-state index contributed by atoms with van der Waals surface area (Å²) in [6.07, 6.45) is 13.0. The van der Waals surface area contributed by atoms with E-state index in [0.29, 0.717) is 6.42 Å². The molecule has 0 fully saturated rings. The Hall–Kier alpha value is -1.83. The molecule has 0 radical (unpaired) electrons. The Morgan fingerprint density at radius 3 is 2.19 bits per heavy atom. The van der Waals surface area contributed by atoms with Gasteiger partial charge < -0.3 is 4.74 Å². The second kappa shape index (κ2) is 12.5. The molecule has 0 spiro atoms. The van der Waals surface area contributed by atoms with Gasteiger partial charge in [-0.2, -0.15) is 0 Å². The molecule has 0 aliphatic rings. The van der Waals surface area contributed by atoms with E-state index in [4.69, 9.17) is 4.74 Å². The number of carbonyl (C=O) groups excluding carboxylic acids is 1. The quantitative estimate of drug-likeness (QED) is 0.167. The molecule has 0 atom stereocenters. The van der Waals surface area contributed by atoms with Gasteiger partial charge in [0.25, 0.3) is 0 Å². The lowest BCUT2D eigenvalue weighted by Crippen LogP contribution is -2.10. The van der Waals surface area contributed by atoms with Gasteiger partial charge in [-0.25, -0.2) is 0 Å². The molecule has 0 amide bonds. The summed E-state index contributed by atoms with van der Waals surface area (Å²) in [6, 6.07) is 8.70. The zero-order valence-electron chi connectivity index (χ0n) is 17.9. The largest absolute Gasteiger partial charge is 0.435 e. The Balaban J connectivity index is 2.23. The Morgan fingerprint density at radius 2 is 1.59 bits per heavy atom. The minimum absolute atomic E-state index is 0.121. The Kier molecular flexibility index (Phi) is 10.8. The fraction of sp³-hybridized carbons (Fsp3) is 0.560. The van der Waals surface area contributed by atoms with Gasteiger partial charge in [-0.05, 0) is 54.7 Å². The third-order valence-electron chi connectivity index (χ3n) is 4.73. The summed E-state index contributed by atoms with van der Waals surface area (Å²) in [5.41, 5.74) is 3.81. The van der Waals surface area contributed by atoms with Crippen molar-refractivity contribution in [2.24, 2.45) is 0 Å². The molecule has 2 heteroatoms. The van der Waals surface area contributed by atoms with Crippen LogP contribution >= 0.6 is 0 Å². The minimum Gasteiger partial charge on any atom is -0.435 e. The smallest absolute Gasteiger partial charge is 0.310 e. The summed E-state index contributed by atoms with van der Waals surface area (Å²) in [5.74, 6) is -0.121. The molecule has 0 unspecified atom stereocenters. The van der Waals surface area contributed by atoms with Crippen LogP contribution in [-0.2, 0) is 21.4 Å². The SMILES string of the molecule is C=CCCCCCCCCC(=O)OC=C(C)Cc1ccc(C(C)(C)C)cc1. The van der Waals surface area contributed by atoms with E-state index in [1.54, 1.807) is 6.26 Å². The predicted octanol–water partition coefficient (Wildman–Crippen LogP) is 7.28. The first-order valence-corrected chi connectivity index (χ1v) is 10.4. The van der Waals surface area contributed by atoms with Gasteiger partial charge in [-0.1, -0.05) is 76.8 Å². The number of hydrogen-bond donors (Lipinski definition) is 0. The number of esters is 1. The molecule has 1 rings (SSSR count). The maximum Gasteiger partial charge on any atom is 0.310 e. The van der Waals surface area contributed by atoms with Crippen LogP contribution in [0.3, 0.4) is 0 Å².